The van der Waals surface area contributed by atoms with E-state index >= 15 is 0 Å². The zero-order valence-electron chi connectivity index (χ0n) is 18.1. The van der Waals surface area contributed by atoms with Crippen molar-refractivity contribution in [3.8, 4) is 0 Å². The summed E-state index contributed by atoms with van der Waals surface area (Å²) in [5.74, 6) is -1.43. The first kappa shape index (κ1) is 22.1. The van der Waals surface area contributed by atoms with Crippen molar-refractivity contribution in [1.82, 2.24) is 24.5 Å². The van der Waals surface area contributed by atoms with E-state index in [9.17, 15) is 18.0 Å². The average Bonchev–Trinajstić information content (AvgIpc) is 3.44. The van der Waals surface area contributed by atoms with Crippen molar-refractivity contribution < 1.29 is 18.0 Å². The molecule has 3 heterocycles. The summed E-state index contributed by atoms with van der Waals surface area (Å²) >= 11 is 0. The minimum absolute atomic E-state index is 0.362. The number of carbonyl (C=O) groups excluding carboxylic acids is 1. The molecule has 11 heteroatoms. The molecule has 0 spiro atoms. The van der Waals surface area contributed by atoms with Crippen LogP contribution in [0.1, 0.15) is 37.3 Å². The second-order valence-electron chi connectivity index (χ2n) is 8.63. The van der Waals surface area contributed by atoms with E-state index in [4.69, 9.17) is 5.73 Å². The summed E-state index contributed by atoms with van der Waals surface area (Å²) < 4.78 is 39.7. The molecule has 0 saturated heterocycles. The van der Waals surface area contributed by atoms with Crippen LogP contribution in [0.4, 0.5) is 24.9 Å². The number of alkyl halides is 3. The van der Waals surface area contributed by atoms with Crippen LogP contribution >= 0.6 is 0 Å². The van der Waals surface area contributed by atoms with Gasteiger partial charge in [0.05, 0.1) is 10.9 Å². The third kappa shape index (κ3) is 4.37. The second kappa shape index (κ2) is 8.54. The van der Waals surface area contributed by atoms with Crippen molar-refractivity contribution in [3.05, 3.63) is 48.5 Å². The smallest absolute Gasteiger partial charge is 0.383 e. The van der Waals surface area contributed by atoms with Crippen LogP contribution in [0.2, 0.25) is 0 Å². The molecule has 2 unspecified atom stereocenters. The normalized spacial score (nSPS) is 18.6. The predicted molar refractivity (Wildman–Crippen MR) is 121 cm³/mol. The number of halogens is 3. The first-order chi connectivity index (χ1) is 16.3. The predicted octanol–water partition coefficient (Wildman–Crippen LogP) is 4.43. The number of nitrogens with one attached hydrogen (secondary N) is 1. The van der Waals surface area contributed by atoms with Crippen molar-refractivity contribution in [2.24, 2.45) is 5.92 Å². The molecule has 0 radical (unpaired) electrons. The Morgan fingerprint density at radius 3 is 2.85 bits per heavy atom. The SMILES string of the molecule is Nc1ncnc2c1ccn2C1CCC(CCc2ccc3cnc(NC(=O)C(F)(F)F)nc3c2)C1. The number of nitrogens with zero attached hydrogens (tertiary/aromatic N) is 5. The molecule has 1 aromatic carbocycles. The lowest BCUT2D eigenvalue weighted by Gasteiger charge is -2.14. The summed E-state index contributed by atoms with van der Waals surface area (Å²) in [6.07, 6.45) is 4.94. The molecular formula is C23H22F3N7O. The summed E-state index contributed by atoms with van der Waals surface area (Å²) in [6, 6.07) is 7.98. The summed E-state index contributed by atoms with van der Waals surface area (Å²) in [6.45, 7) is 0. The van der Waals surface area contributed by atoms with Gasteiger partial charge in [0, 0.05) is 23.8 Å². The van der Waals surface area contributed by atoms with E-state index in [2.05, 4.69) is 24.5 Å². The highest BCUT2D eigenvalue weighted by molar-refractivity contribution is 5.94. The number of hydrogen-bond donors (Lipinski definition) is 2. The first-order valence-corrected chi connectivity index (χ1v) is 11.0. The second-order valence-corrected chi connectivity index (χ2v) is 8.63. The fraction of sp³-hybridized carbons (Fsp3) is 0.348. The maximum absolute atomic E-state index is 12.5. The summed E-state index contributed by atoms with van der Waals surface area (Å²) in [4.78, 5) is 27.5. The highest BCUT2D eigenvalue weighted by Gasteiger charge is 2.39. The number of anilines is 2. The van der Waals surface area contributed by atoms with Gasteiger partial charge in [-0.2, -0.15) is 13.2 Å². The molecule has 0 bridgehead atoms. The van der Waals surface area contributed by atoms with E-state index in [0.717, 1.165) is 48.7 Å². The first-order valence-electron chi connectivity index (χ1n) is 11.0. The molecule has 0 aliphatic heterocycles. The minimum Gasteiger partial charge on any atom is -0.383 e. The van der Waals surface area contributed by atoms with Gasteiger partial charge in [0.25, 0.3) is 0 Å². The van der Waals surface area contributed by atoms with Crippen molar-refractivity contribution >= 4 is 39.6 Å². The van der Waals surface area contributed by atoms with Crippen LogP contribution in [-0.2, 0) is 11.2 Å². The van der Waals surface area contributed by atoms with Crippen LogP contribution < -0.4 is 11.1 Å². The number of nitrogen functional groups attached to an aromatic ring is 1. The number of aromatic nitrogens is 5. The fourth-order valence-electron chi connectivity index (χ4n) is 4.68. The van der Waals surface area contributed by atoms with E-state index in [-0.39, 0.29) is 5.95 Å². The third-order valence-electron chi connectivity index (χ3n) is 6.42. The number of rotatable bonds is 5. The Bertz CT molecular complexity index is 1370. The van der Waals surface area contributed by atoms with E-state index in [1.165, 1.54) is 12.5 Å². The third-order valence-corrected chi connectivity index (χ3v) is 6.42. The molecule has 4 aromatic rings. The van der Waals surface area contributed by atoms with Gasteiger partial charge < -0.3 is 10.3 Å². The van der Waals surface area contributed by atoms with E-state index < -0.39 is 12.1 Å². The van der Waals surface area contributed by atoms with Crippen LogP contribution in [0.3, 0.4) is 0 Å². The van der Waals surface area contributed by atoms with Gasteiger partial charge in [-0.25, -0.2) is 19.9 Å². The van der Waals surface area contributed by atoms with Crippen LogP contribution in [0.15, 0.2) is 43.0 Å². The topological polar surface area (TPSA) is 112 Å². The van der Waals surface area contributed by atoms with Crippen LogP contribution in [0, 0.1) is 5.92 Å². The van der Waals surface area contributed by atoms with Gasteiger partial charge in [-0.1, -0.05) is 12.1 Å². The van der Waals surface area contributed by atoms with E-state index in [1.54, 1.807) is 5.32 Å². The molecular weight excluding hydrogens is 447 g/mol. The van der Waals surface area contributed by atoms with Gasteiger partial charge in [-0.3, -0.25) is 10.1 Å². The van der Waals surface area contributed by atoms with Crippen LogP contribution in [-0.4, -0.2) is 36.6 Å². The van der Waals surface area contributed by atoms with Crippen LogP contribution in [0.5, 0.6) is 0 Å². The highest BCUT2D eigenvalue weighted by Crippen LogP contribution is 2.39. The number of amides is 1. The summed E-state index contributed by atoms with van der Waals surface area (Å²) in [7, 11) is 0. The number of carbonyl (C=O) groups is 1. The van der Waals surface area contributed by atoms with Crippen molar-refractivity contribution in [1.29, 1.82) is 0 Å². The Hall–Kier alpha value is -3.76. The molecule has 1 saturated carbocycles. The van der Waals surface area contributed by atoms with Gasteiger partial charge >= 0.3 is 12.1 Å². The van der Waals surface area contributed by atoms with E-state index in [1.807, 2.05) is 30.5 Å². The Kier molecular flexibility index (Phi) is 5.54. The quantitative estimate of drug-likeness (QED) is 0.447. The van der Waals surface area contributed by atoms with E-state index in [0.29, 0.717) is 28.7 Å². The average molecular weight is 469 g/mol. The Morgan fingerprint density at radius 1 is 1.18 bits per heavy atom. The minimum atomic E-state index is -4.99. The Morgan fingerprint density at radius 2 is 2.03 bits per heavy atom. The lowest BCUT2D eigenvalue weighted by Crippen LogP contribution is -2.30. The molecule has 1 aliphatic rings. The molecule has 3 N–H and O–H groups in total. The molecule has 2 atom stereocenters. The standard InChI is InChI=1S/C23H22F3N7O/c24-23(25,26)21(34)32-22-28-11-15-5-3-14(10-18(15)31-22)2-1-13-4-6-16(9-13)33-8-7-17-19(27)29-12-30-20(17)33/h3,5,7-8,10-13,16H,1-2,4,6,9H2,(H2,27,29,30)(H,28,31,32,34). The molecule has 5 rings (SSSR count). The van der Waals surface area contributed by atoms with Crippen molar-refractivity contribution in [2.75, 3.05) is 11.1 Å². The number of benzene rings is 1. The van der Waals surface area contributed by atoms with Gasteiger partial charge in [0.1, 0.15) is 17.8 Å². The molecule has 3 aromatic heterocycles. The monoisotopic (exact) mass is 469 g/mol. The molecule has 34 heavy (non-hydrogen) atoms. The van der Waals surface area contributed by atoms with Gasteiger partial charge in [-0.15, -0.1) is 0 Å². The number of nitrogens with two attached hydrogens (primary N) is 1. The number of fused-ring (bicyclic) bond motifs is 2. The Balaban J connectivity index is 1.24. The molecule has 1 fully saturated rings. The number of hydrogen-bond acceptors (Lipinski definition) is 6. The molecule has 8 nitrogen and oxygen atoms in total. The Labute approximate surface area is 192 Å². The van der Waals surface area contributed by atoms with Gasteiger partial charge in [0.2, 0.25) is 5.95 Å². The zero-order valence-corrected chi connectivity index (χ0v) is 18.1. The van der Waals surface area contributed by atoms with Crippen LogP contribution in [0.25, 0.3) is 21.9 Å². The van der Waals surface area contributed by atoms with Gasteiger partial charge in [0.15, 0.2) is 0 Å². The fourth-order valence-corrected chi connectivity index (χ4v) is 4.68. The summed E-state index contributed by atoms with van der Waals surface area (Å²) in [5.41, 5.74) is 8.34. The summed E-state index contributed by atoms with van der Waals surface area (Å²) in [5, 5.41) is 3.26. The van der Waals surface area contributed by atoms with Crippen molar-refractivity contribution in [3.63, 3.8) is 0 Å². The number of aryl methyl sites for hydroxylation is 1. The molecule has 176 valence electrons. The van der Waals surface area contributed by atoms with Crippen molar-refractivity contribution in [2.45, 2.75) is 44.3 Å². The molecule has 1 amide bonds. The van der Waals surface area contributed by atoms with Gasteiger partial charge in [-0.05, 0) is 55.7 Å². The maximum atomic E-state index is 12.5. The highest BCUT2D eigenvalue weighted by atomic mass is 19.4. The lowest BCUT2D eigenvalue weighted by molar-refractivity contribution is -0.167. The lowest BCUT2D eigenvalue weighted by atomic mass is 9.97. The largest absolute Gasteiger partial charge is 0.471 e. The molecule has 1 aliphatic carbocycles. The maximum Gasteiger partial charge on any atom is 0.471 e. The zero-order chi connectivity index (χ0) is 23.9.